The van der Waals surface area contributed by atoms with Crippen molar-refractivity contribution in [1.82, 2.24) is 4.98 Å². The number of anilines is 2. The lowest BCUT2D eigenvalue weighted by Crippen LogP contribution is -2.10. The Morgan fingerprint density at radius 1 is 1.42 bits per heavy atom. The van der Waals surface area contributed by atoms with E-state index in [2.05, 4.69) is 10.4 Å². The highest BCUT2D eigenvalue weighted by atomic mass is 15.2. The molecule has 0 fully saturated rings. The van der Waals surface area contributed by atoms with E-state index in [0.717, 1.165) is 5.56 Å². The van der Waals surface area contributed by atoms with Crippen LogP contribution < -0.4 is 17.0 Å². The molecule has 0 radical (unpaired) electrons. The number of rotatable bonds is 1. The average Bonchev–Trinajstić information content (AvgIpc) is 2.13. The van der Waals surface area contributed by atoms with Gasteiger partial charge in [0.25, 0.3) is 0 Å². The SMILES string of the molecule is CC.Cc1cnc(N)c(NN)c1. The molecule has 0 atom stereocenters. The predicted octanol–water partition coefficient (Wildman–Crippen LogP) is 1.28. The van der Waals surface area contributed by atoms with Crippen LogP contribution in [0.15, 0.2) is 12.3 Å². The second-order valence-electron chi connectivity index (χ2n) is 2.09. The van der Waals surface area contributed by atoms with Gasteiger partial charge in [0.2, 0.25) is 0 Å². The van der Waals surface area contributed by atoms with E-state index in [9.17, 15) is 0 Å². The molecule has 1 aromatic rings. The van der Waals surface area contributed by atoms with Gasteiger partial charge in [0.1, 0.15) is 5.82 Å². The number of aryl methyl sites for hydroxylation is 1. The first kappa shape index (κ1) is 10.7. The van der Waals surface area contributed by atoms with E-state index in [1.165, 1.54) is 0 Å². The Balaban J connectivity index is 0.000000561. The third-order valence-electron chi connectivity index (χ3n) is 1.21. The largest absolute Gasteiger partial charge is 0.382 e. The van der Waals surface area contributed by atoms with E-state index in [-0.39, 0.29) is 0 Å². The van der Waals surface area contributed by atoms with Crippen LogP contribution >= 0.6 is 0 Å². The van der Waals surface area contributed by atoms with Gasteiger partial charge in [-0.2, -0.15) is 0 Å². The van der Waals surface area contributed by atoms with Crippen molar-refractivity contribution >= 4 is 11.5 Å². The molecule has 0 aliphatic heterocycles. The topological polar surface area (TPSA) is 77.0 Å². The highest BCUT2D eigenvalue weighted by molar-refractivity contribution is 5.61. The van der Waals surface area contributed by atoms with Gasteiger partial charge in [0.05, 0.1) is 5.69 Å². The van der Waals surface area contributed by atoms with Crippen LogP contribution in [0.4, 0.5) is 11.5 Å². The van der Waals surface area contributed by atoms with Crippen molar-refractivity contribution < 1.29 is 0 Å². The zero-order valence-corrected chi connectivity index (χ0v) is 7.76. The summed E-state index contributed by atoms with van der Waals surface area (Å²) in [7, 11) is 0. The van der Waals surface area contributed by atoms with Gasteiger partial charge < -0.3 is 11.2 Å². The van der Waals surface area contributed by atoms with Crippen molar-refractivity contribution in [3.63, 3.8) is 0 Å². The Morgan fingerprint density at radius 3 is 2.42 bits per heavy atom. The fraction of sp³-hybridized carbons (Fsp3) is 0.375. The van der Waals surface area contributed by atoms with Crippen molar-refractivity contribution in [1.29, 1.82) is 0 Å². The number of nitrogens with zero attached hydrogens (tertiary/aromatic N) is 1. The Kier molecular flexibility index (Phi) is 4.79. The summed E-state index contributed by atoms with van der Waals surface area (Å²) in [4.78, 5) is 3.88. The summed E-state index contributed by atoms with van der Waals surface area (Å²) in [5.41, 5.74) is 9.59. The first-order chi connectivity index (χ1) is 5.74. The van der Waals surface area contributed by atoms with Gasteiger partial charge in [0, 0.05) is 6.20 Å². The highest BCUT2D eigenvalue weighted by Crippen LogP contribution is 2.13. The second-order valence-corrected chi connectivity index (χ2v) is 2.09. The predicted molar refractivity (Wildman–Crippen MR) is 52.5 cm³/mol. The molecule has 12 heavy (non-hydrogen) atoms. The summed E-state index contributed by atoms with van der Waals surface area (Å²) >= 11 is 0. The summed E-state index contributed by atoms with van der Waals surface area (Å²) in [6.45, 7) is 5.92. The molecule has 1 heterocycles. The van der Waals surface area contributed by atoms with Crippen LogP contribution in [0, 0.1) is 6.92 Å². The summed E-state index contributed by atoms with van der Waals surface area (Å²) in [6.07, 6.45) is 1.69. The first-order valence-electron chi connectivity index (χ1n) is 3.93. The van der Waals surface area contributed by atoms with Gasteiger partial charge in [-0.05, 0) is 18.6 Å². The summed E-state index contributed by atoms with van der Waals surface area (Å²) in [5.74, 6) is 5.57. The maximum absolute atomic E-state index is 5.45. The number of nitrogens with two attached hydrogens (primary N) is 2. The van der Waals surface area contributed by atoms with E-state index in [1.54, 1.807) is 6.20 Å². The molecule has 0 aliphatic carbocycles. The minimum atomic E-state index is 0.424. The van der Waals surface area contributed by atoms with Crippen LogP contribution in [-0.4, -0.2) is 4.98 Å². The number of hydrogen-bond acceptors (Lipinski definition) is 4. The standard InChI is InChI=1S/C6H10N4.C2H6/c1-4-2-5(10-8)6(7)9-3-4;1-2/h2-3,10H,8H2,1H3,(H2,7,9);1-2H3. The fourth-order valence-electron chi connectivity index (χ4n) is 0.695. The maximum Gasteiger partial charge on any atom is 0.148 e. The smallest absolute Gasteiger partial charge is 0.148 e. The monoisotopic (exact) mass is 168 g/mol. The molecule has 0 bridgehead atoms. The van der Waals surface area contributed by atoms with Gasteiger partial charge in [0.15, 0.2) is 0 Å². The fourth-order valence-corrected chi connectivity index (χ4v) is 0.695. The summed E-state index contributed by atoms with van der Waals surface area (Å²) in [5, 5.41) is 0. The number of nitrogens with one attached hydrogen (secondary N) is 1. The molecule has 0 aliphatic rings. The molecule has 0 unspecified atom stereocenters. The van der Waals surface area contributed by atoms with Crippen LogP contribution in [0.25, 0.3) is 0 Å². The van der Waals surface area contributed by atoms with Crippen molar-refractivity contribution in [3.8, 4) is 0 Å². The van der Waals surface area contributed by atoms with Gasteiger partial charge in [-0.1, -0.05) is 13.8 Å². The molecule has 68 valence electrons. The molecule has 0 spiro atoms. The Labute approximate surface area is 73.0 Å². The molecular formula is C8H16N4. The zero-order chi connectivity index (χ0) is 9.56. The third kappa shape index (κ3) is 2.75. The van der Waals surface area contributed by atoms with Crippen molar-refractivity contribution in [2.24, 2.45) is 5.84 Å². The normalized spacial score (nSPS) is 8.33. The van der Waals surface area contributed by atoms with E-state index in [4.69, 9.17) is 11.6 Å². The van der Waals surface area contributed by atoms with Crippen LogP contribution in [-0.2, 0) is 0 Å². The number of pyridine rings is 1. The van der Waals surface area contributed by atoms with Crippen molar-refractivity contribution in [2.45, 2.75) is 20.8 Å². The van der Waals surface area contributed by atoms with Crippen LogP contribution in [0.5, 0.6) is 0 Å². The summed E-state index contributed by atoms with van der Waals surface area (Å²) < 4.78 is 0. The quantitative estimate of drug-likeness (QED) is 0.436. The molecule has 1 aromatic heterocycles. The molecule has 0 amide bonds. The van der Waals surface area contributed by atoms with Crippen LogP contribution in [0.1, 0.15) is 19.4 Å². The molecule has 5 N–H and O–H groups in total. The Hall–Kier alpha value is -1.29. The van der Waals surface area contributed by atoms with E-state index in [0.29, 0.717) is 11.5 Å². The number of hydrazine groups is 1. The van der Waals surface area contributed by atoms with Crippen molar-refractivity contribution in [3.05, 3.63) is 17.8 Å². The lowest BCUT2D eigenvalue weighted by Gasteiger charge is -2.02. The van der Waals surface area contributed by atoms with E-state index >= 15 is 0 Å². The minimum absolute atomic E-state index is 0.424. The Bertz CT molecular complexity index is 234. The Morgan fingerprint density at radius 2 is 2.00 bits per heavy atom. The van der Waals surface area contributed by atoms with Gasteiger partial charge in [-0.15, -0.1) is 0 Å². The molecule has 4 heteroatoms. The number of hydrogen-bond donors (Lipinski definition) is 3. The molecular weight excluding hydrogens is 152 g/mol. The number of aromatic nitrogens is 1. The first-order valence-corrected chi connectivity index (χ1v) is 3.93. The molecule has 0 saturated heterocycles. The highest BCUT2D eigenvalue weighted by Gasteiger charge is 1.95. The molecule has 4 nitrogen and oxygen atoms in total. The van der Waals surface area contributed by atoms with Crippen LogP contribution in [0.2, 0.25) is 0 Å². The van der Waals surface area contributed by atoms with E-state index in [1.807, 2.05) is 26.8 Å². The third-order valence-corrected chi connectivity index (χ3v) is 1.21. The minimum Gasteiger partial charge on any atom is -0.382 e. The van der Waals surface area contributed by atoms with Gasteiger partial charge >= 0.3 is 0 Å². The average molecular weight is 168 g/mol. The molecule has 0 aromatic carbocycles. The second kappa shape index (κ2) is 5.37. The van der Waals surface area contributed by atoms with E-state index < -0.39 is 0 Å². The molecule has 0 saturated carbocycles. The maximum atomic E-state index is 5.45. The summed E-state index contributed by atoms with van der Waals surface area (Å²) in [6, 6.07) is 1.84. The van der Waals surface area contributed by atoms with Gasteiger partial charge in [-0.3, -0.25) is 5.84 Å². The van der Waals surface area contributed by atoms with Crippen LogP contribution in [0.3, 0.4) is 0 Å². The lowest BCUT2D eigenvalue weighted by molar-refractivity contribution is 1.24. The van der Waals surface area contributed by atoms with Crippen molar-refractivity contribution in [2.75, 3.05) is 11.2 Å². The number of nitrogen functional groups attached to an aromatic ring is 2. The van der Waals surface area contributed by atoms with Gasteiger partial charge in [-0.25, -0.2) is 4.98 Å². The lowest BCUT2D eigenvalue weighted by atomic mass is 10.3. The molecule has 1 rings (SSSR count). The zero-order valence-electron chi connectivity index (χ0n) is 7.76.